The SMILES string of the molecule is CCN(CC)CCOc1ccc(CNC(=NC)NCc2ccc(C)cc2OC)cc1OC. The van der Waals surface area contributed by atoms with E-state index in [1.165, 1.54) is 5.56 Å². The lowest BCUT2D eigenvalue weighted by molar-refractivity contribution is 0.217. The maximum Gasteiger partial charge on any atom is 0.191 e. The molecule has 0 amide bonds. The topological polar surface area (TPSA) is 67.4 Å². The first kappa shape index (κ1) is 25.3. The molecule has 2 aromatic carbocycles. The second-order valence-corrected chi connectivity index (χ2v) is 7.46. The highest BCUT2D eigenvalue weighted by Gasteiger charge is 2.09. The van der Waals surface area contributed by atoms with Crippen molar-refractivity contribution in [3.63, 3.8) is 0 Å². The monoisotopic (exact) mass is 442 g/mol. The van der Waals surface area contributed by atoms with Gasteiger partial charge in [0.2, 0.25) is 0 Å². The van der Waals surface area contributed by atoms with Gasteiger partial charge < -0.3 is 29.7 Å². The van der Waals surface area contributed by atoms with E-state index in [-0.39, 0.29) is 0 Å². The highest BCUT2D eigenvalue weighted by Crippen LogP contribution is 2.28. The number of ether oxygens (including phenoxy) is 3. The van der Waals surface area contributed by atoms with Crippen LogP contribution in [-0.2, 0) is 13.1 Å². The summed E-state index contributed by atoms with van der Waals surface area (Å²) in [5.41, 5.74) is 3.32. The fourth-order valence-electron chi connectivity index (χ4n) is 3.35. The predicted molar refractivity (Wildman–Crippen MR) is 131 cm³/mol. The van der Waals surface area contributed by atoms with Crippen LogP contribution in [0.3, 0.4) is 0 Å². The van der Waals surface area contributed by atoms with Crippen molar-refractivity contribution in [2.75, 3.05) is 47.5 Å². The summed E-state index contributed by atoms with van der Waals surface area (Å²) in [4.78, 5) is 6.65. The molecule has 7 heteroatoms. The number of hydrogen-bond donors (Lipinski definition) is 2. The molecule has 0 aliphatic rings. The summed E-state index contributed by atoms with van der Waals surface area (Å²) < 4.78 is 17.0. The van der Waals surface area contributed by atoms with Crippen LogP contribution in [0.25, 0.3) is 0 Å². The van der Waals surface area contributed by atoms with Crippen molar-refractivity contribution in [3.05, 3.63) is 53.1 Å². The average molecular weight is 443 g/mol. The van der Waals surface area contributed by atoms with Gasteiger partial charge >= 0.3 is 0 Å². The summed E-state index contributed by atoms with van der Waals surface area (Å²) in [6.45, 7) is 11.2. The summed E-state index contributed by atoms with van der Waals surface area (Å²) >= 11 is 0. The summed E-state index contributed by atoms with van der Waals surface area (Å²) in [7, 11) is 5.12. The standard InChI is InChI=1S/C25H38N4O3/c1-7-29(8-2)13-14-32-22-12-10-20(16-24(22)31-6)17-27-25(26-4)28-18-21-11-9-19(3)15-23(21)30-5/h9-12,15-16H,7-8,13-14,17-18H2,1-6H3,(H2,26,27,28). The van der Waals surface area contributed by atoms with E-state index in [2.05, 4.69) is 53.4 Å². The van der Waals surface area contributed by atoms with E-state index in [9.17, 15) is 0 Å². The second kappa shape index (κ2) is 13.5. The van der Waals surface area contributed by atoms with Crippen molar-refractivity contribution in [1.82, 2.24) is 15.5 Å². The molecule has 7 nitrogen and oxygen atoms in total. The number of hydrogen-bond acceptors (Lipinski definition) is 5. The Balaban J connectivity index is 1.91. The molecule has 2 N–H and O–H groups in total. The molecule has 32 heavy (non-hydrogen) atoms. The molecule has 2 aromatic rings. The van der Waals surface area contributed by atoms with Crippen LogP contribution in [0.2, 0.25) is 0 Å². The van der Waals surface area contributed by atoms with E-state index >= 15 is 0 Å². The Morgan fingerprint density at radius 2 is 1.62 bits per heavy atom. The Kier molecular flexibility index (Phi) is 10.7. The Morgan fingerprint density at radius 3 is 2.28 bits per heavy atom. The molecule has 0 atom stereocenters. The predicted octanol–water partition coefficient (Wildman–Crippen LogP) is 3.60. The largest absolute Gasteiger partial charge is 0.496 e. The molecule has 0 radical (unpaired) electrons. The van der Waals surface area contributed by atoms with Crippen LogP contribution in [0.1, 0.15) is 30.5 Å². The molecule has 0 saturated heterocycles. The van der Waals surface area contributed by atoms with Crippen molar-refractivity contribution >= 4 is 5.96 Å². The first-order chi connectivity index (χ1) is 15.5. The van der Waals surface area contributed by atoms with Gasteiger partial charge in [0.15, 0.2) is 17.5 Å². The fourth-order valence-corrected chi connectivity index (χ4v) is 3.35. The van der Waals surface area contributed by atoms with E-state index in [1.807, 2.05) is 24.3 Å². The number of methoxy groups -OCH3 is 2. The molecule has 0 aliphatic carbocycles. The van der Waals surface area contributed by atoms with Gasteiger partial charge in [-0.1, -0.05) is 32.0 Å². The number of rotatable bonds is 12. The Hall–Kier alpha value is -2.93. The summed E-state index contributed by atoms with van der Waals surface area (Å²) in [6, 6.07) is 12.2. The van der Waals surface area contributed by atoms with Gasteiger partial charge in [-0.2, -0.15) is 0 Å². The van der Waals surface area contributed by atoms with E-state index in [0.29, 0.717) is 25.7 Å². The molecule has 0 fully saturated rings. The minimum Gasteiger partial charge on any atom is -0.496 e. The second-order valence-electron chi connectivity index (χ2n) is 7.46. The molecule has 0 spiro atoms. The van der Waals surface area contributed by atoms with Crippen LogP contribution >= 0.6 is 0 Å². The molecular weight excluding hydrogens is 404 g/mol. The average Bonchev–Trinajstić information content (AvgIpc) is 2.82. The molecule has 0 heterocycles. The van der Waals surface area contributed by atoms with Crippen molar-refractivity contribution in [2.45, 2.75) is 33.9 Å². The minimum absolute atomic E-state index is 0.612. The highest BCUT2D eigenvalue weighted by molar-refractivity contribution is 5.79. The van der Waals surface area contributed by atoms with E-state index in [0.717, 1.165) is 48.0 Å². The van der Waals surface area contributed by atoms with Crippen LogP contribution in [0.4, 0.5) is 0 Å². The Morgan fingerprint density at radius 1 is 0.906 bits per heavy atom. The number of nitrogens with zero attached hydrogens (tertiary/aromatic N) is 2. The summed E-state index contributed by atoms with van der Waals surface area (Å²) in [5.74, 6) is 3.08. The molecule has 0 saturated carbocycles. The van der Waals surface area contributed by atoms with Crippen LogP contribution in [0, 0.1) is 6.92 Å². The lowest BCUT2D eigenvalue weighted by atomic mass is 10.1. The third-order valence-electron chi connectivity index (χ3n) is 5.36. The van der Waals surface area contributed by atoms with Crippen LogP contribution in [-0.4, -0.2) is 58.4 Å². The normalized spacial score (nSPS) is 11.4. The highest BCUT2D eigenvalue weighted by atomic mass is 16.5. The summed E-state index contributed by atoms with van der Waals surface area (Å²) in [6.07, 6.45) is 0. The maximum absolute atomic E-state index is 5.95. The molecule has 0 aliphatic heterocycles. The van der Waals surface area contributed by atoms with E-state index in [1.54, 1.807) is 21.3 Å². The summed E-state index contributed by atoms with van der Waals surface area (Å²) in [5, 5.41) is 6.68. The van der Waals surface area contributed by atoms with Gasteiger partial charge in [0.1, 0.15) is 12.4 Å². The van der Waals surface area contributed by atoms with Gasteiger partial charge in [-0.05, 0) is 49.3 Å². The molecular formula is C25H38N4O3. The van der Waals surface area contributed by atoms with Gasteiger partial charge in [0.25, 0.3) is 0 Å². The number of aliphatic imine (C=N–C) groups is 1. The quantitative estimate of drug-likeness (QED) is 0.387. The van der Waals surface area contributed by atoms with Crippen LogP contribution in [0.15, 0.2) is 41.4 Å². The number of nitrogens with one attached hydrogen (secondary N) is 2. The van der Waals surface area contributed by atoms with Crippen molar-refractivity contribution < 1.29 is 14.2 Å². The van der Waals surface area contributed by atoms with Gasteiger partial charge in [0, 0.05) is 32.2 Å². The third-order valence-corrected chi connectivity index (χ3v) is 5.36. The van der Waals surface area contributed by atoms with Crippen LogP contribution < -0.4 is 24.8 Å². The zero-order valence-electron chi connectivity index (χ0n) is 20.3. The molecule has 0 bridgehead atoms. The van der Waals surface area contributed by atoms with Gasteiger partial charge in [0.05, 0.1) is 14.2 Å². The van der Waals surface area contributed by atoms with Gasteiger partial charge in [-0.25, -0.2) is 0 Å². The minimum atomic E-state index is 0.612. The number of benzene rings is 2. The first-order valence-corrected chi connectivity index (χ1v) is 11.1. The first-order valence-electron chi connectivity index (χ1n) is 11.1. The number of likely N-dealkylation sites (N-methyl/N-ethyl adjacent to an activating group) is 1. The van der Waals surface area contributed by atoms with E-state index in [4.69, 9.17) is 14.2 Å². The third kappa shape index (κ3) is 7.64. The lowest BCUT2D eigenvalue weighted by Crippen LogP contribution is -2.36. The number of aryl methyl sites for hydroxylation is 1. The smallest absolute Gasteiger partial charge is 0.191 e. The zero-order valence-corrected chi connectivity index (χ0v) is 20.3. The number of guanidine groups is 1. The zero-order chi connectivity index (χ0) is 23.3. The van der Waals surface area contributed by atoms with Crippen LogP contribution in [0.5, 0.6) is 17.2 Å². The van der Waals surface area contributed by atoms with E-state index < -0.39 is 0 Å². The maximum atomic E-state index is 5.95. The molecule has 176 valence electrons. The Bertz CT molecular complexity index is 866. The lowest BCUT2D eigenvalue weighted by Gasteiger charge is -2.19. The fraction of sp³-hybridized carbons (Fsp3) is 0.480. The molecule has 2 rings (SSSR count). The van der Waals surface area contributed by atoms with Crippen molar-refractivity contribution in [3.8, 4) is 17.2 Å². The van der Waals surface area contributed by atoms with Crippen molar-refractivity contribution in [2.24, 2.45) is 4.99 Å². The van der Waals surface area contributed by atoms with Gasteiger partial charge in [-0.15, -0.1) is 0 Å². The molecule has 0 aromatic heterocycles. The molecule has 0 unspecified atom stereocenters. The van der Waals surface area contributed by atoms with Gasteiger partial charge in [-0.3, -0.25) is 4.99 Å². The Labute approximate surface area is 192 Å². The van der Waals surface area contributed by atoms with Crippen molar-refractivity contribution in [1.29, 1.82) is 0 Å².